The van der Waals surface area contributed by atoms with E-state index in [0.717, 1.165) is 22.3 Å². The van der Waals surface area contributed by atoms with Crippen molar-refractivity contribution in [3.05, 3.63) is 70.6 Å². The summed E-state index contributed by atoms with van der Waals surface area (Å²) in [4.78, 5) is 16.8. The molecule has 3 rings (SSSR count). The summed E-state index contributed by atoms with van der Waals surface area (Å²) >= 11 is 0. The van der Waals surface area contributed by atoms with Crippen molar-refractivity contribution in [2.75, 3.05) is 7.11 Å². The van der Waals surface area contributed by atoms with Crippen molar-refractivity contribution in [2.45, 2.75) is 12.1 Å². The van der Waals surface area contributed by atoms with Crippen LogP contribution in [0.15, 0.2) is 59.5 Å². The summed E-state index contributed by atoms with van der Waals surface area (Å²) in [5.41, 5.74) is -5.16. The van der Waals surface area contributed by atoms with E-state index in [1.165, 1.54) is 25.4 Å². The fourth-order valence-corrected chi connectivity index (χ4v) is 3.09. The molecule has 2 aromatic carbocycles. The highest BCUT2D eigenvalue weighted by Gasteiger charge is 2.48. The molecule has 0 aliphatic carbocycles. The Labute approximate surface area is 180 Å². The molecule has 0 radical (unpaired) electrons. The van der Waals surface area contributed by atoms with E-state index >= 15 is 0 Å². The minimum Gasteiger partial charge on any atom is -0.497 e. The van der Waals surface area contributed by atoms with Crippen molar-refractivity contribution in [3.63, 3.8) is 0 Å². The second-order valence-electron chi connectivity index (χ2n) is 6.46. The van der Waals surface area contributed by atoms with Gasteiger partial charge >= 0.3 is 15.6 Å². The lowest BCUT2D eigenvalue weighted by molar-refractivity contribution is -0.0500. The van der Waals surface area contributed by atoms with Crippen LogP contribution in [-0.4, -0.2) is 30.6 Å². The molecule has 0 amide bonds. The van der Waals surface area contributed by atoms with E-state index < -0.39 is 26.9 Å². The van der Waals surface area contributed by atoms with E-state index in [0.29, 0.717) is 5.75 Å². The van der Waals surface area contributed by atoms with Gasteiger partial charge in [0.25, 0.3) is 5.56 Å². The average Bonchev–Trinajstić information content (AvgIpc) is 2.74. The minimum atomic E-state index is -5.83. The number of alkyl halides is 3. The molecule has 0 unspecified atom stereocenters. The van der Waals surface area contributed by atoms with E-state index in [1.807, 2.05) is 0 Å². The summed E-state index contributed by atoms with van der Waals surface area (Å²) in [6.45, 7) is 0.0961. The Balaban J connectivity index is 1.82. The highest BCUT2D eigenvalue weighted by atomic mass is 32.2. The third kappa shape index (κ3) is 5.02. The summed E-state index contributed by atoms with van der Waals surface area (Å²) < 4.78 is 75.9. The number of hydrogen-bond donors (Lipinski definition) is 0. The molecule has 0 saturated carbocycles. The zero-order valence-electron chi connectivity index (χ0n) is 16.8. The average molecular weight is 470 g/mol. The van der Waals surface area contributed by atoms with E-state index in [-0.39, 0.29) is 23.7 Å². The Morgan fingerprint density at radius 2 is 1.75 bits per heavy atom. The van der Waals surface area contributed by atoms with Crippen LogP contribution in [0.25, 0.3) is 11.4 Å². The number of aromatic nitrogens is 2. The van der Waals surface area contributed by atoms with Gasteiger partial charge in [-0.25, -0.2) is 4.98 Å². The highest BCUT2D eigenvalue weighted by molar-refractivity contribution is 7.88. The Bertz CT molecular complexity index is 1270. The summed E-state index contributed by atoms with van der Waals surface area (Å²) in [5, 5.41) is 0. The van der Waals surface area contributed by atoms with Crippen molar-refractivity contribution in [1.82, 2.24) is 9.55 Å². The Morgan fingerprint density at radius 1 is 1.06 bits per heavy atom. The zero-order valence-corrected chi connectivity index (χ0v) is 17.6. The molecule has 0 bridgehead atoms. The predicted octanol–water partition coefficient (Wildman–Crippen LogP) is 3.26. The lowest BCUT2D eigenvalue weighted by atomic mass is 10.2. The standard InChI is InChI=1S/C20H17F3N2O6S/c1-25-18(14-4-3-5-16(10-14)31-32(27,28)20(21,22)23)24-11-17(19(25)26)30-12-13-6-8-15(29-2)9-7-13/h3-11H,12H2,1-2H3. The van der Waals surface area contributed by atoms with Crippen LogP contribution in [0.4, 0.5) is 13.2 Å². The number of nitrogens with zero attached hydrogens (tertiary/aromatic N) is 2. The molecule has 0 fully saturated rings. The molecule has 1 heterocycles. The monoisotopic (exact) mass is 470 g/mol. The van der Waals surface area contributed by atoms with Gasteiger partial charge in [-0.05, 0) is 29.8 Å². The van der Waals surface area contributed by atoms with Crippen LogP contribution < -0.4 is 19.2 Å². The molecule has 32 heavy (non-hydrogen) atoms. The molecule has 0 aliphatic heterocycles. The quantitative estimate of drug-likeness (QED) is 0.386. The second kappa shape index (κ2) is 8.91. The molecule has 0 spiro atoms. The molecule has 3 aromatic rings. The van der Waals surface area contributed by atoms with Crippen LogP contribution in [0.1, 0.15) is 5.56 Å². The molecule has 1 aromatic heterocycles. The maximum Gasteiger partial charge on any atom is 0.534 e. The van der Waals surface area contributed by atoms with Crippen LogP contribution in [0.3, 0.4) is 0 Å². The fraction of sp³-hybridized carbons (Fsp3) is 0.200. The number of rotatable bonds is 7. The van der Waals surface area contributed by atoms with Crippen LogP contribution in [0.5, 0.6) is 17.2 Å². The number of benzene rings is 2. The van der Waals surface area contributed by atoms with Crippen LogP contribution in [0, 0.1) is 0 Å². The molecular formula is C20H17F3N2O6S. The predicted molar refractivity (Wildman–Crippen MR) is 108 cm³/mol. The van der Waals surface area contributed by atoms with Gasteiger partial charge in [0.05, 0.1) is 13.3 Å². The smallest absolute Gasteiger partial charge is 0.497 e. The van der Waals surface area contributed by atoms with Gasteiger partial charge in [0.2, 0.25) is 5.75 Å². The topological polar surface area (TPSA) is 96.7 Å². The lowest BCUT2D eigenvalue weighted by Crippen LogP contribution is -2.28. The lowest BCUT2D eigenvalue weighted by Gasteiger charge is -2.13. The number of methoxy groups -OCH3 is 1. The first-order chi connectivity index (χ1) is 15.0. The number of halogens is 3. The largest absolute Gasteiger partial charge is 0.534 e. The van der Waals surface area contributed by atoms with Gasteiger partial charge < -0.3 is 13.7 Å². The SMILES string of the molecule is COc1ccc(COc2cnc(-c3cccc(OS(=O)(=O)C(F)(F)F)c3)n(C)c2=O)cc1. The molecule has 0 saturated heterocycles. The van der Waals surface area contributed by atoms with Crippen molar-refractivity contribution in [3.8, 4) is 28.6 Å². The van der Waals surface area contributed by atoms with Crippen LogP contribution in [0.2, 0.25) is 0 Å². The van der Waals surface area contributed by atoms with E-state index in [4.69, 9.17) is 9.47 Å². The Morgan fingerprint density at radius 3 is 2.38 bits per heavy atom. The maximum absolute atomic E-state index is 12.6. The number of ether oxygens (including phenoxy) is 2. The van der Waals surface area contributed by atoms with Gasteiger partial charge in [0.15, 0.2) is 0 Å². The summed E-state index contributed by atoms with van der Waals surface area (Å²) in [7, 11) is -2.89. The van der Waals surface area contributed by atoms with Gasteiger partial charge in [-0.2, -0.15) is 21.6 Å². The fourth-order valence-electron chi connectivity index (χ4n) is 2.63. The van der Waals surface area contributed by atoms with Gasteiger partial charge in [-0.15, -0.1) is 0 Å². The van der Waals surface area contributed by atoms with Crippen LogP contribution in [-0.2, 0) is 23.8 Å². The molecule has 8 nitrogen and oxygen atoms in total. The highest BCUT2D eigenvalue weighted by Crippen LogP contribution is 2.29. The first kappa shape index (κ1) is 23.1. The Kier molecular flexibility index (Phi) is 6.44. The van der Waals surface area contributed by atoms with Gasteiger partial charge in [0, 0.05) is 12.6 Å². The van der Waals surface area contributed by atoms with Gasteiger partial charge in [-0.3, -0.25) is 9.36 Å². The zero-order chi connectivity index (χ0) is 23.5. The first-order valence-electron chi connectivity index (χ1n) is 8.95. The van der Waals surface area contributed by atoms with Crippen molar-refractivity contribution < 1.29 is 35.2 Å². The molecule has 0 N–H and O–H groups in total. The maximum atomic E-state index is 12.6. The molecule has 0 atom stereocenters. The Hall–Kier alpha value is -3.54. The third-order valence-electron chi connectivity index (χ3n) is 4.27. The van der Waals surface area contributed by atoms with E-state index in [1.54, 1.807) is 31.4 Å². The van der Waals surface area contributed by atoms with E-state index in [9.17, 15) is 26.4 Å². The van der Waals surface area contributed by atoms with Gasteiger partial charge in [0.1, 0.15) is 23.9 Å². The summed E-state index contributed by atoms with van der Waals surface area (Å²) in [6.07, 6.45) is 1.18. The molecule has 0 aliphatic rings. The second-order valence-corrected chi connectivity index (χ2v) is 8.00. The normalized spacial score (nSPS) is 11.8. The van der Waals surface area contributed by atoms with Crippen molar-refractivity contribution in [1.29, 1.82) is 0 Å². The summed E-state index contributed by atoms with van der Waals surface area (Å²) in [5.74, 6) is 0.125. The molecule has 170 valence electrons. The first-order valence-corrected chi connectivity index (χ1v) is 10.4. The van der Waals surface area contributed by atoms with E-state index in [2.05, 4.69) is 9.17 Å². The van der Waals surface area contributed by atoms with Crippen molar-refractivity contribution >= 4 is 10.1 Å². The number of hydrogen-bond acceptors (Lipinski definition) is 7. The van der Waals surface area contributed by atoms with Crippen LogP contribution >= 0.6 is 0 Å². The van der Waals surface area contributed by atoms with Crippen molar-refractivity contribution in [2.24, 2.45) is 7.05 Å². The third-order valence-corrected chi connectivity index (χ3v) is 5.25. The molecular weight excluding hydrogens is 453 g/mol. The molecule has 12 heteroatoms. The minimum absolute atomic E-state index is 0.0425. The van der Waals surface area contributed by atoms with Gasteiger partial charge in [-0.1, -0.05) is 24.3 Å². The summed E-state index contributed by atoms with van der Waals surface area (Å²) in [6, 6.07) is 11.8.